The third kappa shape index (κ3) is 4.16. The molecule has 1 heterocycles. The number of likely N-dealkylation sites (N-methyl/N-ethyl adjacent to an activating group) is 1. The molecule has 0 amide bonds. The third-order valence-electron chi connectivity index (χ3n) is 3.59. The van der Waals surface area contributed by atoms with Crippen molar-refractivity contribution in [3.63, 3.8) is 0 Å². The third-order valence-corrected chi connectivity index (χ3v) is 3.59. The molecule has 0 bridgehead atoms. The smallest absolute Gasteiger partial charge is 0.429 e. The lowest BCUT2D eigenvalue weighted by Gasteiger charge is -2.33. The SMILES string of the molecule is CC1CCN(C)C[C@@H]1OC(=O)Oc1ccc([N+](=O)[O-])cc1. The Morgan fingerprint density at radius 1 is 1.38 bits per heavy atom. The van der Waals surface area contributed by atoms with E-state index in [1.807, 2.05) is 14.0 Å². The average Bonchev–Trinajstić information content (AvgIpc) is 2.43. The fourth-order valence-electron chi connectivity index (χ4n) is 2.22. The molecule has 1 unspecified atom stereocenters. The summed E-state index contributed by atoms with van der Waals surface area (Å²) in [6, 6.07) is 5.30. The topological polar surface area (TPSA) is 81.9 Å². The zero-order valence-corrected chi connectivity index (χ0v) is 12.0. The van der Waals surface area contributed by atoms with Gasteiger partial charge in [-0.3, -0.25) is 10.1 Å². The second kappa shape index (κ2) is 6.53. The molecule has 2 atom stereocenters. The fourth-order valence-corrected chi connectivity index (χ4v) is 2.22. The number of non-ortho nitro benzene ring substituents is 1. The molecule has 0 aliphatic carbocycles. The van der Waals surface area contributed by atoms with E-state index >= 15 is 0 Å². The molecule has 1 saturated heterocycles. The number of piperidine rings is 1. The summed E-state index contributed by atoms with van der Waals surface area (Å²) in [4.78, 5) is 23.9. The van der Waals surface area contributed by atoms with E-state index in [1.54, 1.807) is 0 Å². The summed E-state index contributed by atoms with van der Waals surface area (Å²) in [7, 11) is 1.98. The zero-order chi connectivity index (χ0) is 15.4. The second-order valence-corrected chi connectivity index (χ2v) is 5.29. The van der Waals surface area contributed by atoms with E-state index in [0.717, 1.165) is 13.0 Å². The number of hydrogen-bond donors (Lipinski definition) is 0. The average molecular weight is 294 g/mol. The van der Waals surface area contributed by atoms with Gasteiger partial charge in [-0.15, -0.1) is 0 Å². The standard InChI is InChI=1S/C14H18N2O5/c1-10-7-8-15(2)9-13(10)21-14(17)20-12-5-3-11(4-6-12)16(18)19/h3-6,10,13H,7-9H2,1-2H3/t10?,13-/m0/s1. The fraction of sp³-hybridized carbons (Fsp3) is 0.500. The summed E-state index contributed by atoms with van der Waals surface area (Å²) in [5.74, 6) is 0.507. The van der Waals surface area contributed by atoms with Crippen molar-refractivity contribution in [3.8, 4) is 5.75 Å². The van der Waals surface area contributed by atoms with Crippen LogP contribution in [-0.4, -0.2) is 42.2 Å². The molecule has 1 aliphatic heterocycles. The van der Waals surface area contributed by atoms with Crippen LogP contribution in [0.3, 0.4) is 0 Å². The predicted octanol–water partition coefficient (Wildman–Crippen LogP) is 2.45. The minimum absolute atomic E-state index is 0.0572. The minimum Gasteiger partial charge on any atom is -0.429 e. The van der Waals surface area contributed by atoms with Crippen molar-refractivity contribution in [2.45, 2.75) is 19.4 Å². The molecule has 2 rings (SSSR count). The number of nitrogens with zero attached hydrogens (tertiary/aromatic N) is 2. The Balaban J connectivity index is 1.90. The van der Waals surface area contributed by atoms with Gasteiger partial charge in [-0.2, -0.15) is 0 Å². The monoisotopic (exact) mass is 294 g/mol. The molecule has 0 radical (unpaired) electrons. The van der Waals surface area contributed by atoms with Gasteiger partial charge in [-0.25, -0.2) is 4.79 Å². The first-order valence-electron chi connectivity index (χ1n) is 6.77. The van der Waals surface area contributed by atoms with Gasteiger partial charge in [0.15, 0.2) is 0 Å². The molecule has 1 fully saturated rings. The number of benzene rings is 1. The van der Waals surface area contributed by atoms with Crippen molar-refractivity contribution >= 4 is 11.8 Å². The Labute approximate surface area is 122 Å². The van der Waals surface area contributed by atoms with Crippen LogP contribution in [0.1, 0.15) is 13.3 Å². The van der Waals surface area contributed by atoms with E-state index in [2.05, 4.69) is 4.90 Å². The highest BCUT2D eigenvalue weighted by Crippen LogP contribution is 2.21. The Kier molecular flexibility index (Phi) is 4.74. The highest BCUT2D eigenvalue weighted by atomic mass is 16.7. The van der Waals surface area contributed by atoms with Crippen LogP contribution in [0.2, 0.25) is 0 Å². The second-order valence-electron chi connectivity index (χ2n) is 5.29. The Morgan fingerprint density at radius 3 is 2.67 bits per heavy atom. The largest absolute Gasteiger partial charge is 0.514 e. The van der Waals surface area contributed by atoms with Gasteiger partial charge in [-0.05, 0) is 38.1 Å². The van der Waals surface area contributed by atoms with E-state index in [9.17, 15) is 14.9 Å². The number of hydrogen-bond acceptors (Lipinski definition) is 6. The molecule has 0 spiro atoms. The zero-order valence-electron chi connectivity index (χ0n) is 12.0. The van der Waals surface area contributed by atoms with Crippen LogP contribution < -0.4 is 4.74 Å². The van der Waals surface area contributed by atoms with E-state index in [0.29, 0.717) is 6.54 Å². The van der Waals surface area contributed by atoms with Gasteiger partial charge in [0, 0.05) is 18.7 Å². The van der Waals surface area contributed by atoms with Gasteiger partial charge in [-0.1, -0.05) is 6.92 Å². The molecule has 7 nitrogen and oxygen atoms in total. The van der Waals surface area contributed by atoms with Crippen molar-refractivity contribution in [1.82, 2.24) is 4.90 Å². The van der Waals surface area contributed by atoms with Crippen LogP contribution in [0.5, 0.6) is 5.75 Å². The number of ether oxygens (including phenoxy) is 2. The molecule has 0 aromatic heterocycles. The summed E-state index contributed by atoms with van der Waals surface area (Å²) in [6.07, 6.45) is -0.0169. The van der Waals surface area contributed by atoms with Crippen LogP contribution >= 0.6 is 0 Å². The first kappa shape index (κ1) is 15.2. The van der Waals surface area contributed by atoms with Crippen LogP contribution in [0.15, 0.2) is 24.3 Å². The van der Waals surface area contributed by atoms with E-state index < -0.39 is 11.1 Å². The van der Waals surface area contributed by atoms with Gasteiger partial charge < -0.3 is 14.4 Å². The number of nitro groups is 1. The lowest BCUT2D eigenvalue weighted by atomic mass is 9.96. The van der Waals surface area contributed by atoms with Gasteiger partial charge in [0.05, 0.1) is 4.92 Å². The maximum Gasteiger partial charge on any atom is 0.514 e. The molecule has 21 heavy (non-hydrogen) atoms. The summed E-state index contributed by atoms with van der Waals surface area (Å²) in [5, 5.41) is 10.5. The van der Waals surface area contributed by atoms with Crippen molar-refractivity contribution in [2.75, 3.05) is 20.1 Å². The quantitative estimate of drug-likeness (QED) is 0.368. The Hall–Kier alpha value is -2.15. The van der Waals surface area contributed by atoms with Crippen molar-refractivity contribution in [2.24, 2.45) is 5.92 Å². The van der Waals surface area contributed by atoms with Crippen molar-refractivity contribution in [1.29, 1.82) is 0 Å². The number of likely N-dealkylation sites (tertiary alicyclic amines) is 1. The van der Waals surface area contributed by atoms with Gasteiger partial charge in [0.2, 0.25) is 0 Å². The number of carbonyl (C=O) groups excluding carboxylic acids is 1. The first-order chi connectivity index (χ1) is 9.95. The summed E-state index contributed by atoms with van der Waals surface area (Å²) in [5.41, 5.74) is -0.0572. The number of nitro benzene ring substituents is 1. The van der Waals surface area contributed by atoms with E-state index in [4.69, 9.17) is 9.47 Å². The number of carbonyl (C=O) groups is 1. The molecule has 0 N–H and O–H groups in total. The lowest BCUT2D eigenvalue weighted by molar-refractivity contribution is -0.384. The summed E-state index contributed by atoms with van der Waals surface area (Å²) in [6.45, 7) is 3.70. The molecule has 114 valence electrons. The van der Waals surface area contributed by atoms with Crippen LogP contribution in [-0.2, 0) is 4.74 Å². The van der Waals surface area contributed by atoms with E-state index in [-0.39, 0.29) is 23.5 Å². The molecule has 1 aromatic rings. The van der Waals surface area contributed by atoms with Crippen molar-refractivity contribution < 1.29 is 19.2 Å². The molecule has 1 aromatic carbocycles. The van der Waals surface area contributed by atoms with Gasteiger partial charge in [0.25, 0.3) is 5.69 Å². The minimum atomic E-state index is -0.781. The van der Waals surface area contributed by atoms with Gasteiger partial charge in [0.1, 0.15) is 11.9 Å². The van der Waals surface area contributed by atoms with Crippen LogP contribution in [0.4, 0.5) is 10.5 Å². The Bertz CT molecular complexity index is 517. The maximum absolute atomic E-state index is 11.8. The number of rotatable bonds is 3. The molecular weight excluding hydrogens is 276 g/mol. The highest BCUT2D eigenvalue weighted by Gasteiger charge is 2.28. The molecule has 7 heteroatoms. The van der Waals surface area contributed by atoms with Crippen LogP contribution in [0.25, 0.3) is 0 Å². The Morgan fingerprint density at radius 2 is 2.05 bits per heavy atom. The molecule has 0 saturated carbocycles. The summed E-state index contributed by atoms with van der Waals surface area (Å²) < 4.78 is 10.4. The summed E-state index contributed by atoms with van der Waals surface area (Å²) >= 11 is 0. The maximum atomic E-state index is 11.8. The van der Waals surface area contributed by atoms with Crippen molar-refractivity contribution in [3.05, 3.63) is 34.4 Å². The van der Waals surface area contributed by atoms with Gasteiger partial charge >= 0.3 is 6.16 Å². The first-order valence-corrected chi connectivity index (χ1v) is 6.77. The molecule has 1 aliphatic rings. The lowest BCUT2D eigenvalue weighted by Crippen LogP contribution is -2.43. The van der Waals surface area contributed by atoms with Crippen LogP contribution in [0, 0.1) is 16.0 Å². The van der Waals surface area contributed by atoms with E-state index in [1.165, 1.54) is 24.3 Å². The molecular formula is C14H18N2O5. The predicted molar refractivity (Wildman–Crippen MR) is 75.3 cm³/mol. The highest BCUT2D eigenvalue weighted by molar-refractivity contribution is 5.64. The normalized spacial score (nSPS) is 22.6.